The fourth-order valence-corrected chi connectivity index (χ4v) is 2.01. The molecule has 0 fully saturated rings. The van der Waals surface area contributed by atoms with Gasteiger partial charge in [-0.1, -0.05) is 39.7 Å². The Balaban J connectivity index is 2.16. The third kappa shape index (κ3) is 2.07. The number of aromatic nitrogens is 4. The number of halogens is 2. The summed E-state index contributed by atoms with van der Waals surface area (Å²) >= 11 is 9.31. The van der Waals surface area contributed by atoms with E-state index in [1.54, 1.807) is 6.20 Å². The lowest BCUT2D eigenvalue weighted by Crippen LogP contribution is -1.93. The minimum Gasteiger partial charge on any atom is -0.247 e. The first-order chi connectivity index (χ1) is 8.74. The zero-order valence-corrected chi connectivity index (χ0v) is 11.4. The number of nitrogens with zero attached hydrogens (tertiary/aromatic N) is 4. The molecule has 4 nitrogen and oxygen atoms in total. The molecule has 0 aliphatic rings. The van der Waals surface area contributed by atoms with E-state index >= 15 is 0 Å². The lowest BCUT2D eigenvalue weighted by atomic mass is 10.2. The Morgan fingerprint density at radius 1 is 1.00 bits per heavy atom. The zero-order chi connectivity index (χ0) is 12.5. The van der Waals surface area contributed by atoms with Crippen molar-refractivity contribution in [1.82, 2.24) is 19.9 Å². The number of hydrogen-bond donors (Lipinski definition) is 0. The van der Waals surface area contributed by atoms with E-state index in [1.807, 2.05) is 24.3 Å². The molecular formula is C12H6BrClN4. The molecule has 2 aromatic heterocycles. The van der Waals surface area contributed by atoms with Gasteiger partial charge in [0, 0.05) is 10.0 Å². The predicted molar refractivity (Wildman–Crippen MR) is 73.3 cm³/mol. The van der Waals surface area contributed by atoms with Crippen LogP contribution in [0.3, 0.4) is 0 Å². The minimum absolute atomic E-state index is 0.315. The van der Waals surface area contributed by atoms with Crippen molar-refractivity contribution in [2.24, 2.45) is 0 Å². The van der Waals surface area contributed by atoms with Gasteiger partial charge in [0.25, 0.3) is 0 Å². The van der Waals surface area contributed by atoms with Crippen molar-refractivity contribution in [2.75, 3.05) is 0 Å². The van der Waals surface area contributed by atoms with Crippen LogP contribution in [0.5, 0.6) is 0 Å². The molecule has 18 heavy (non-hydrogen) atoms. The van der Waals surface area contributed by atoms with Crippen LogP contribution in [-0.4, -0.2) is 19.9 Å². The van der Waals surface area contributed by atoms with Crippen molar-refractivity contribution < 1.29 is 0 Å². The van der Waals surface area contributed by atoms with Crippen molar-refractivity contribution in [3.8, 4) is 11.3 Å². The highest BCUT2D eigenvalue weighted by atomic mass is 79.9. The van der Waals surface area contributed by atoms with Crippen LogP contribution in [0.25, 0.3) is 22.4 Å². The van der Waals surface area contributed by atoms with Crippen LogP contribution in [0.15, 0.2) is 41.3 Å². The first-order valence-electron chi connectivity index (χ1n) is 5.13. The van der Waals surface area contributed by atoms with E-state index < -0.39 is 0 Å². The van der Waals surface area contributed by atoms with Gasteiger partial charge in [-0.3, -0.25) is 0 Å². The fraction of sp³-hybridized carbons (Fsp3) is 0. The molecule has 0 N–H and O–H groups in total. The molecule has 0 saturated carbocycles. The molecule has 6 heteroatoms. The van der Waals surface area contributed by atoms with Crippen molar-refractivity contribution in [3.05, 3.63) is 46.4 Å². The first-order valence-corrected chi connectivity index (χ1v) is 6.30. The second-order valence-corrected chi connectivity index (χ2v) is 4.87. The van der Waals surface area contributed by atoms with Gasteiger partial charge in [0.05, 0.1) is 11.9 Å². The SMILES string of the molecule is Clc1ncnc2nc(-c3ccc(Br)cc3)cnc12. The maximum atomic E-state index is 5.92. The molecule has 0 saturated heterocycles. The van der Waals surface area contributed by atoms with Crippen LogP contribution in [0, 0.1) is 0 Å². The summed E-state index contributed by atoms with van der Waals surface area (Å²) in [4.78, 5) is 16.6. The van der Waals surface area contributed by atoms with E-state index in [2.05, 4.69) is 35.9 Å². The van der Waals surface area contributed by atoms with Crippen LogP contribution in [0.4, 0.5) is 0 Å². The van der Waals surface area contributed by atoms with Gasteiger partial charge in [0.2, 0.25) is 0 Å². The Morgan fingerprint density at radius 3 is 2.56 bits per heavy atom. The summed E-state index contributed by atoms with van der Waals surface area (Å²) in [5.41, 5.74) is 2.74. The quantitative estimate of drug-likeness (QED) is 0.644. The van der Waals surface area contributed by atoms with E-state index in [1.165, 1.54) is 6.33 Å². The Morgan fingerprint density at radius 2 is 1.78 bits per heavy atom. The maximum absolute atomic E-state index is 5.92. The topological polar surface area (TPSA) is 51.6 Å². The van der Waals surface area contributed by atoms with Crippen molar-refractivity contribution in [1.29, 1.82) is 0 Å². The molecule has 0 radical (unpaired) electrons. The summed E-state index contributed by atoms with van der Waals surface area (Å²) in [7, 11) is 0. The predicted octanol–water partition coefficient (Wildman–Crippen LogP) is 3.50. The maximum Gasteiger partial charge on any atom is 0.183 e. The van der Waals surface area contributed by atoms with Crippen LogP contribution in [0.1, 0.15) is 0 Å². The van der Waals surface area contributed by atoms with Crippen LogP contribution < -0.4 is 0 Å². The van der Waals surface area contributed by atoms with Crippen molar-refractivity contribution >= 4 is 38.7 Å². The highest BCUT2D eigenvalue weighted by Gasteiger charge is 2.06. The van der Waals surface area contributed by atoms with E-state index in [0.717, 1.165) is 15.7 Å². The molecule has 0 amide bonds. The summed E-state index contributed by atoms with van der Waals surface area (Å²) in [6.45, 7) is 0. The lowest BCUT2D eigenvalue weighted by molar-refractivity contribution is 1.15. The van der Waals surface area contributed by atoms with Gasteiger partial charge in [0.1, 0.15) is 11.8 Å². The summed E-state index contributed by atoms with van der Waals surface area (Å²) < 4.78 is 1.02. The van der Waals surface area contributed by atoms with Crippen LogP contribution in [0.2, 0.25) is 5.15 Å². The molecule has 1 aromatic carbocycles. The molecule has 0 unspecified atom stereocenters. The second-order valence-electron chi connectivity index (χ2n) is 3.60. The van der Waals surface area contributed by atoms with Gasteiger partial charge >= 0.3 is 0 Å². The third-order valence-corrected chi connectivity index (χ3v) is 3.25. The standard InChI is InChI=1S/C12H6BrClN4/c13-8-3-1-7(2-4-8)9-5-15-10-11(14)16-6-17-12(10)18-9/h1-6H. The van der Waals surface area contributed by atoms with Crippen LogP contribution >= 0.6 is 27.5 Å². The van der Waals surface area contributed by atoms with Gasteiger partial charge in [0.15, 0.2) is 10.8 Å². The Labute approximate surface area is 116 Å². The van der Waals surface area contributed by atoms with Gasteiger partial charge in [-0.25, -0.2) is 19.9 Å². The molecule has 2 heterocycles. The second kappa shape index (κ2) is 4.59. The first kappa shape index (κ1) is 11.5. The number of fused-ring (bicyclic) bond motifs is 1. The Kier molecular flexibility index (Phi) is 2.93. The average Bonchev–Trinajstić information content (AvgIpc) is 2.39. The highest BCUT2D eigenvalue weighted by Crippen LogP contribution is 2.22. The van der Waals surface area contributed by atoms with E-state index in [9.17, 15) is 0 Å². The van der Waals surface area contributed by atoms with Gasteiger partial charge < -0.3 is 0 Å². The number of benzene rings is 1. The smallest absolute Gasteiger partial charge is 0.183 e. The number of hydrogen-bond acceptors (Lipinski definition) is 4. The summed E-state index contributed by atoms with van der Waals surface area (Å²) in [5, 5.41) is 0.315. The summed E-state index contributed by atoms with van der Waals surface area (Å²) in [5.74, 6) is 0. The monoisotopic (exact) mass is 320 g/mol. The summed E-state index contributed by atoms with van der Waals surface area (Å²) in [6, 6.07) is 7.83. The van der Waals surface area contributed by atoms with E-state index in [4.69, 9.17) is 11.6 Å². The van der Waals surface area contributed by atoms with E-state index in [0.29, 0.717) is 16.3 Å². The molecule has 3 aromatic rings. The van der Waals surface area contributed by atoms with Gasteiger partial charge in [-0.05, 0) is 12.1 Å². The zero-order valence-electron chi connectivity index (χ0n) is 9.01. The van der Waals surface area contributed by atoms with Crippen molar-refractivity contribution in [3.63, 3.8) is 0 Å². The molecule has 0 spiro atoms. The molecular weight excluding hydrogens is 316 g/mol. The number of rotatable bonds is 1. The van der Waals surface area contributed by atoms with E-state index in [-0.39, 0.29) is 0 Å². The largest absolute Gasteiger partial charge is 0.247 e. The molecule has 0 bridgehead atoms. The Hall–Kier alpha value is -1.59. The Bertz CT molecular complexity index is 715. The van der Waals surface area contributed by atoms with Gasteiger partial charge in [-0.15, -0.1) is 0 Å². The highest BCUT2D eigenvalue weighted by molar-refractivity contribution is 9.10. The van der Waals surface area contributed by atoms with Gasteiger partial charge in [-0.2, -0.15) is 0 Å². The normalized spacial score (nSPS) is 10.8. The lowest BCUT2D eigenvalue weighted by Gasteiger charge is -2.02. The average molecular weight is 322 g/mol. The third-order valence-electron chi connectivity index (χ3n) is 2.44. The van der Waals surface area contributed by atoms with Crippen molar-refractivity contribution in [2.45, 2.75) is 0 Å². The minimum atomic E-state index is 0.315. The molecule has 88 valence electrons. The molecule has 0 atom stereocenters. The molecule has 0 aliphatic heterocycles. The summed E-state index contributed by atoms with van der Waals surface area (Å²) in [6.07, 6.45) is 3.05. The molecule has 0 aliphatic carbocycles. The molecule has 3 rings (SSSR count). The fourth-order valence-electron chi connectivity index (χ4n) is 1.57. The van der Waals surface area contributed by atoms with Crippen LogP contribution in [-0.2, 0) is 0 Å².